The van der Waals surface area contributed by atoms with Crippen molar-refractivity contribution in [1.82, 2.24) is 10.3 Å². The summed E-state index contributed by atoms with van der Waals surface area (Å²) in [6.45, 7) is 4.47. The number of hydrogen-bond acceptors (Lipinski definition) is 4. The molecule has 3 rings (SSSR count). The summed E-state index contributed by atoms with van der Waals surface area (Å²) >= 11 is 0. The third kappa shape index (κ3) is 4.64. The average Bonchev–Trinajstić information content (AvgIpc) is 2.69. The molecule has 3 aromatic rings. The summed E-state index contributed by atoms with van der Waals surface area (Å²) in [5, 5.41) is 6.25. The fourth-order valence-corrected chi connectivity index (χ4v) is 2.77. The van der Waals surface area contributed by atoms with Crippen molar-refractivity contribution in [2.75, 3.05) is 12.4 Å². The van der Waals surface area contributed by atoms with Crippen LogP contribution in [0.4, 0.5) is 11.4 Å². The van der Waals surface area contributed by atoms with Gasteiger partial charge in [0.15, 0.2) is 0 Å². The summed E-state index contributed by atoms with van der Waals surface area (Å²) in [6.07, 6.45) is 1.63. The number of rotatable bonds is 6. The van der Waals surface area contributed by atoms with Gasteiger partial charge in [-0.25, -0.2) is 0 Å². The monoisotopic (exact) mass is 361 g/mol. The lowest BCUT2D eigenvalue weighted by Gasteiger charge is -2.12. The molecule has 27 heavy (non-hydrogen) atoms. The van der Waals surface area contributed by atoms with Crippen molar-refractivity contribution in [2.45, 2.75) is 20.4 Å². The predicted molar refractivity (Wildman–Crippen MR) is 108 cm³/mol. The number of pyridine rings is 1. The van der Waals surface area contributed by atoms with E-state index in [-0.39, 0.29) is 5.91 Å². The van der Waals surface area contributed by atoms with Gasteiger partial charge in [-0.15, -0.1) is 0 Å². The molecule has 5 heteroatoms. The number of para-hydroxylation sites is 1. The zero-order valence-corrected chi connectivity index (χ0v) is 15.7. The first-order valence-electron chi connectivity index (χ1n) is 8.77. The highest BCUT2D eigenvalue weighted by atomic mass is 16.5. The van der Waals surface area contributed by atoms with Gasteiger partial charge in [0.25, 0.3) is 5.91 Å². The first kappa shape index (κ1) is 18.5. The summed E-state index contributed by atoms with van der Waals surface area (Å²) in [6, 6.07) is 17.4. The van der Waals surface area contributed by atoms with Gasteiger partial charge in [0.2, 0.25) is 0 Å². The fourth-order valence-electron chi connectivity index (χ4n) is 2.77. The van der Waals surface area contributed by atoms with Crippen LogP contribution in [-0.4, -0.2) is 18.0 Å². The minimum Gasteiger partial charge on any atom is -0.496 e. The van der Waals surface area contributed by atoms with E-state index in [1.54, 1.807) is 19.4 Å². The summed E-state index contributed by atoms with van der Waals surface area (Å²) < 4.78 is 5.31. The van der Waals surface area contributed by atoms with Crippen molar-refractivity contribution in [3.8, 4) is 5.75 Å². The van der Waals surface area contributed by atoms with Crippen LogP contribution in [-0.2, 0) is 6.54 Å². The Morgan fingerprint density at radius 3 is 2.70 bits per heavy atom. The van der Waals surface area contributed by atoms with Gasteiger partial charge in [0, 0.05) is 29.7 Å². The summed E-state index contributed by atoms with van der Waals surface area (Å²) in [5.74, 6) is 0.515. The van der Waals surface area contributed by atoms with E-state index in [4.69, 9.17) is 4.74 Å². The SMILES string of the molecule is COc1ccccc1CNC(=O)c1cc(Nc2cc(C)ccc2C)ccn1. The van der Waals surface area contributed by atoms with Gasteiger partial charge in [-0.2, -0.15) is 0 Å². The number of methoxy groups -OCH3 is 1. The largest absolute Gasteiger partial charge is 0.496 e. The molecule has 0 radical (unpaired) electrons. The molecule has 0 unspecified atom stereocenters. The second-order valence-electron chi connectivity index (χ2n) is 6.37. The number of aryl methyl sites for hydroxylation is 2. The molecule has 0 fully saturated rings. The normalized spacial score (nSPS) is 10.3. The minimum atomic E-state index is -0.231. The molecule has 5 nitrogen and oxygen atoms in total. The molecule has 0 aliphatic rings. The second-order valence-corrected chi connectivity index (χ2v) is 6.37. The molecule has 0 atom stereocenters. The van der Waals surface area contributed by atoms with Gasteiger partial charge >= 0.3 is 0 Å². The minimum absolute atomic E-state index is 0.231. The molecule has 0 saturated carbocycles. The Morgan fingerprint density at radius 2 is 1.89 bits per heavy atom. The summed E-state index contributed by atoms with van der Waals surface area (Å²) in [5.41, 5.74) is 5.42. The maximum absolute atomic E-state index is 12.5. The number of hydrogen-bond donors (Lipinski definition) is 2. The Labute approximate surface area is 159 Å². The van der Waals surface area contributed by atoms with Crippen molar-refractivity contribution in [1.29, 1.82) is 0 Å². The lowest BCUT2D eigenvalue weighted by molar-refractivity contribution is 0.0945. The maximum atomic E-state index is 12.5. The number of benzene rings is 2. The van der Waals surface area contributed by atoms with Gasteiger partial charge in [-0.05, 0) is 49.2 Å². The number of nitrogens with zero attached hydrogens (tertiary/aromatic N) is 1. The van der Waals surface area contributed by atoms with Crippen LogP contribution in [0.5, 0.6) is 5.75 Å². The molecule has 1 aromatic heterocycles. The highest BCUT2D eigenvalue weighted by Gasteiger charge is 2.10. The van der Waals surface area contributed by atoms with Crippen LogP contribution in [0.2, 0.25) is 0 Å². The Morgan fingerprint density at radius 1 is 1.07 bits per heavy atom. The number of ether oxygens (including phenoxy) is 1. The summed E-state index contributed by atoms with van der Waals surface area (Å²) in [7, 11) is 1.62. The second kappa shape index (κ2) is 8.36. The lowest BCUT2D eigenvalue weighted by Crippen LogP contribution is -2.24. The Balaban J connectivity index is 1.71. The van der Waals surface area contributed by atoms with Crippen molar-refractivity contribution >= 4 is 17.3 Å². The van der Waals surface area contributed by atoms with Crippen LogP contribution in [0.25, 0.3) is 0 Å². The molecule has 1 heterocycles. The molecular formula is C22H23N3O2. The topological polar surface area (TPSA) is 63.2 Å². The van der Waals surface area contributed by atoms with E-state index in [1.807, 2.05) is 44.2 Å². The molecule has 0 saturated heterocycles. The lowest BCUT2D eigenvalue weighted by atomic mass is 10.1. The molecule has 2 N–H and O–H groups in total. The van der Waals surface area contributed by atoms with Gasteiger partial charge in [-0.3, -0.25) is 9.78 Å². The highest BCUT2D eigenvalue weighted by Crippen LogP contribution is 2.22. The van der Waals surface area contributed by atoms with Crippen LogP contribution in [0.3, 0.4) is 0 Å². The van der Waals surface area contributed by atoms with Crippen molar-refractivity contribution in [3.05, 3.63) is 83.2 Å². The molecule has 0 spiro atoms. The number of amides is 1. The van der Waals surface area contributed by atoms with Gasteiger partial charge in [0.1, 0.15) is 11.4 Å². The molecule has 1 amide bonds. The standard InChI is InChI=1S/C22H23N3O2/c1-15-8-9-16(2)19(12-15)25-18-10-11-23-20(13-18)22(26)24-14-17-6-4-5-7-21(17)27-3/h4-13H,14H2,1-3H3,(H,23,25)(H,24,26). The Bertz CT molecular complexity index is 954. The van der Waals surface area contributed by atoms with E-state index in [0.29, 0.717) is 12.2 Å². The van der Waals surface area contributed by atoms with Crippen LogP contribution in [0.15, 0.2) is 60.8 Å². The van der Waals surface area contributed by atoms with E-state index < -0.39 is 0 Å². The maximum Gasteiger partial charge on any atom is 0.270 e. The molecular weight excluding hydrogens is 338 g/mol. The fraction of sp³-hybridized carbons (Fsp3) is 0.182. The van der Waals surface area contributed by atoms with E-state index in [9.17, 15) is 4.79 Å². The smallest absolute Gasteiger partial charge is 0.270 e. The number of anilines is 2. The molecule has 138 valence electrons. The predicted octanol–water partition coefficient (Wildman–Crippen LogP) is 4.38. The van der Waals surface area contributed by atoms with Gasteiger partial charge < -0.3 is 15.4 Å². The van der Waals surface area contributed by atoms with Crippen LogP contribution >= 0.6 is 0 Å². The number of nitrogens with one attached hydrogen (secondary N) is 2. The van der Waals surface area contributed by atoms with Crippen LogP contribution < -0.4 is 15.4 Å². The van der Waals surface area contributed by atoms with E-state index in [2.05, 4.69) is 33.8 Å². The zero-order chi connectivity index (χ0) is 19.2. The Hall–Kier alpha value is -3.34. The van der Waals surface area contributed by atoms with Crippen LogP contribution in [0, 0.1) is 13.8 Å². The van der Waals surface area contributed by atoms with Gasteiger partial charge in [-0.1, -0.05) is 30.3 Å². The highest BCUT2D eigenvalue weighted by molar-refractivity contribution is 5.93. The zero-order valence-electron chi connectivity index (χ0n) is 15.7. The number of carbonyl (C=O) groups excluding carboxylic acids is 1. The van der Waals surface area contributed by atoms with Crippen molar-refractivity contribution < 1.29 is 9.53 Å². The average molecular weight is 361 g/mol. The van der Waals surface area contributed by atoms with Crippen molar-refractivity contribution in [3.63, 3.8) is 0 Å². The molecule has 0 bridgehead atoms. The van der Waals surface area contributed by atoms with E-state index in [1.165, 1.54) is 5.56 Å². The third-order valence-electron chi connectivity index (χ3n) is 4.30. The van der Waals surface area contributed by atoms with Gasteiger partial charge in [0.05, 0.1) is 7.11 Å². The van der Waals surface area contributed by atoms with Crippen molar-refractivity contribution in [2.24, 2.45) is 0 Å². The summed E-state index contributed by atoms with van der Waals surface area (Å²) in [4.78, 5) is 16.7. The quantitative estimate of drug-likeness (QED) is 0.684. The van der Waals surface area contributed by atoms with Crippen LogP contribution in [0.1, 0.15) is 27.2 Å². The first-order chi connectivity index (χ1) is 13.1. The molecule has 0 aliphatic carbocycles. The van der Waals surface area contributed by atoms with E-state index in [0.717, 1.165) is 28.3 Å². The van der Waals surface area contributed by atoms with E-state index >= 15 is 0 Å². The Kier molecular flexibility index (Phi) is 5.71. The first-order valence-corrected chi connectivity index (χ1v) is 8.77. The third-order valence-corrected chi connectivity index (χ3v) is 4.30. The molecule has 0 aliphatic heterocycles. The number of carbonyl (C=O) groups is 1. The number of aromatic nitrogens is 1. The molecule has 2 aromatic carbocycles.